The van der Waals surface area contributed by atoms with Crippen LogP contribution in [0.15, 0.2) is 0 Å². The molecular weight excluding hydrogens is 192 g/mol. The summed E-state index contributed by atoms with van der Waals surface area (Å²) in [6.45, 7) is 6.72. The zero-order valence-electron chi connectivity index (χ0n) is 9.84. The van der Waals surface area contributed by atoms with Crippen LogP contribution in [0.3, 0.4) is 0 Å². The molecule has 1 aliphatic heterocycles. The normalized spacial score (nSPS) is 19.9. The van der Waals surface area contributed by atoms with Gasteiger partial charge in [-0.25, -0.2) is 0 Å². The average Bonchev–Trinajstić information content (AvgIpc) is 2.16. The fourth-order valence-electron chi connectivity index (χ4n) is 1.91. The molecule has 1 rings (SSSR count). The second kappa shape index (κ2) is 6.02. The Morgan fingerprint density at radius 3 is 2.50 bits per heavy atom. The Labute approximate surface area is 93.0 Å². The quantitative estimate of drug-likeness (QED) is 0.690. The number of thioether (sulfide) groups is 1. The number of unbranched alkanes of at least 4 members (excludes halogenated alkanes) is 1. The first kappa shape index (κ1) is 12.4. The van der Waals surface area contributed by atoms with E-state index in [-0.39, 0.29) is 5.60 Å². The van der Waals surface area contributed by atoms with E-state index in [2.05, 4.69) is 32.5 Å². The van der Waals surface area contributed by atoms with Crippen molar-refractivity contribution in [3.63, 3.8) is 0 Å². The molecule has 0 aromatic rings. The lowest BCUT2D eigenvalue weighted by atomic mass is 10.0. The summed E-state index contributed by atoms with van der Waals surface area (Å²) < 4.78 is 6.17. The van der Waals surface area contributed by atoms with E-state index in [1.807, 2.05) is 0 Å². The first-order valence-electron chi connectivity index (χ1n) is 5.89. The minimum Gasteiger partial charge on any atom is -0.372 e. The van der Waals surface area contributed by atoms with Crippen molar-refractivity contribution in [3.05, 3.63) is 0 Å². The molecule has 1 nitrogen and oxygen atoms in total. The lowest BCUT2D eigenvalue weighted by Gasteiger charge is -2.32. The number of ether oxygens (including phenoxy) is 1. The summed E-state index contributed by atoms with van der Waals surface area (Å²) in [5, 5.41) is 0. The molecule has 84 valence electrons. The predicted octanol–water partition coefficient (Wildman–Crippen LogP) is 3.87. The van der Waals surface area contributed by atoms with Crippen LogP contribution < -0.4 is 0 Å². The molecule has 0 amide bonds. The summed E-state index contributed by atoms with van der Waals surface area (Å²) in [4.78, 5) is 0. The molecule has 0 radical (unpaired) electrons. The standard InChI is InChI=1S/C12H24OS/c1-4-5-8-12(2,3)13-11-6-9-14-10-7-11/h11H,4-10H2,1-3H3. The van der Waals surface area contributed by atoms with Crippen molar-refractivity contribution < 1.29 is 4.74 Å². The van der Waals surface area contributed by atoms with Gasteiger partial charge < -0.3 is 4.74 Å². The molecule has 0 aliphatic carbocycles. The largest absolute Gasteiger partial charge is 0.372 e. The highest BCUT2D eigenvalue weighted by Crippen LogP contribution is 2.26. The van der Waals surface area contributed by atoms with Crippen LogP contribution in [-0.2, 0) is 4.74 Å². The topological polar surface area (TPSA) is 9.23 Å². The summed E-state index contributed by atoms with van der Waals surface area (Å²) >= 11 is 2.06. The zero-order chi connectivity index (χ0) is 10.4. The van der Waals surface area contributed by atoms with Crippen LogP contribution in [0.5, 0.6) is 0 Å². The van der Waals surface area contributed by atoms with Crippen molar-refractivity contribution in [2.75, 3.05) is 11.5 Å². The molecule has 0 aromatic carbocycles. The van der Waals surface area contributed by atoms with Crippen molar-refractivity contribution in [2.45, 2.75) is 64.6 Å². The van der Waals surface area contributed by atoms with Gasteiger partial charge in [0.1, 0.15) is 0 Å². The Morgan fingerprint density at radius 2 is 1.93 bits per heavy atom. The molecule has 1 fully saturated rings. The third-order valence-electron chi connectivity index (χ3n) is 2.79. The van der Waals surface area contributed by atoms with Crippen molar-refractivity contribution in [1.82, 2.24) is 0 Å². The minimum absolute atomic E-state index is 0.0999. The van der Waals surface area contributed by atoms with Gasteiger partial charge in [-0.3, -0.25) is 0 Å². The second-order valence-electron chi connectivity index (χ2n) is 4.79. The molecule has 2 heteroatoms. The SMILES string of the molecule is CCCCC(C)(C)OC1CCSCC1. The molecule has 0 bridgehead atoms. The van der Waals surface area contributed by atoms with Crippen LogP contribution in [0.2, 0.25) is 0 Å². The Balaban J connectivity index is 2.25. The average molecular weight is 216 g/mol. The van der Waals surface area contributed by atoms with Crippen LogP contribution >= 0.6 is 11.8 Å². The first-order chi connectivity index (χ1) is 6.64. The zero-order valence-corrected chi connectivity index (χ0v) is 10.7. The third-order valence-corrected chi connectivity index (χ3v) is 3.84. The second-order valence-corrected chi connectivity index (χ2v) is 6.02. The van der Waals surface area contributed by atoms with E-state index in [9.17, 15) is 0 Å². The van der Waals surface area contributed by atoms with Crippen LogP contribution in [0, 0.1) is 0 Å². The van der Waals surface area contributed by atoms with E-state index in [1.54, 1.807) is 0 Å². The molecule has 14 heavy (non-hydrogen) atoms. The summed E-state index contributed by atoms with van der Waals surface area (Å²) in [7, 11) is 0. The van der Waals surface area contributed by atoms with E-state index in [4.69, 9.17) is 4.74 Å². The van der Waals surface area contributed by atoms with Gasteiger partial charge in [-0.2, -0.15) is 11.8 Å². The highest BCUT2D eigenvalue weighted by Gasteiger charge is 2.24. The van der Waals surface area contributed by atoms with Crippen molar-refractivity contribution in [3.8, 4) is 0 Å². The molecule has 0 atom stereocenters. The van der Waals surface area contributed by atoms with E-state index in [0.29, 0.717) is 6.10 Å². The van der Waals surface area contributed by atoms with Crippen LogP contribution in [0.25, 0.3) is 0 Å². The van der Waals surface area contributed by atoms with Gasteiger partial charge in [0, 0.05) is 0 Å². The number of rotatable bonds is 5. The van der Waals surface area contributed by atoms with E-state index in [1.165, 1.54) is 43.6 Å². The highest BCUT2D eigenvalue weighted by molar-refractivity contribution is 7.99. The Hall–Kier alpha value is 0.310. The van der Waals surface area contributed by atoms with Gasteiger partial charge in [0.05, 0.1) is 11.7 Å². The molecule has 0 unspecified atom stereocenters. The molecule has 0 spiro atoms. The third kappa shape index (κ3) is 4.70. The summed E-state index contributed by atoms with van der Waals surface area (Å²) in [5.41, 5.74) is 0.0999. The van der Waals surface area contributed by atoms with Crippen molar-refractivity contribution >= 4 is 11.8 Å². The molecule has 0 aromatic heterocycles. The molecule has 1 aliphatic rings. The maximum absolute atomic E-state index is 6.17. The molecular formula is C12H24OS. The fourth-order valence-corrected chi connectivity index (χ4v) is 2.97. The number of hydrogen-bond donors (Lipinski definition) is 0. The van der Waals surface area contributed by atoms with Gasteiger partial charge in [-0.1, -0.05) is 19.8 Å². The molecule has 1 heterocycles. The minimum atomic E-state index is 0.0999. The van der Waals surface area contributed by atoms with Crippen LogP contribution in [-0.4, -0.2) is 23.2 Å². The maximum atomic E-state index is 6.17. The van der Waals surface area contributed by atoms with Crippen LogP contribution in [0.1, 0.15) is 52.9 Å². The van der Waals surface area contributed by atoms with E-state index < -0.39 is 0 Å². The first-order valence-corrected chi connectivity index (χ1v) is 7.05. The van der Waals surface area contributed by atoms with Gasteiger partial charge >= 0.3 is 0 Å². The predicted molar refractivity (Wildman–Crippen MR) is 65.0 cm³/mol. The Morgan fingerprint density at radius 1 is 1.29 bits per heavy atom. The summed E-state index contributed by atoms with van der Waals surface area (Å²) in [6, 6.07) is 0. The lowest BCUT2D eigenvalue weighted by Crippen LogP contribution is -2.32. The number of hydrogen-bond acceptors (Lipinski definition) is 2. The lowest BCUT2D eigenvalue weighted by molar-refractivity contribution is -0.0792. The van der Waals surface area contributed by atoms with Crippen molar-refractivity contribution in [1.29, 1.82) is 0 Å². The van der Waals surface area contributed by atoms with Gasteiger partial charge in [0.2, 0.25) is 0 Å². The van der Waals surface area contributed by atoms with Crippen LogP contribution in [0.4, 0.5) is 0 Å². The van der Waals surface area contributed by atoms with Gasteiger partial charge in [-0.15, -0.1) is 0 Å². The molecule has 0 N–H and O–H groups in total. The van der Waals surface area contributed by atoms with Gasteiger partial charge in [0.25, 0.3) is 0 Å². The summed E-state index contributed by atoms with van der Waals surface area (Å²) in [5.74, 6) is 2.57. The van der Waals surface area contributed by atoms with Gasteiger partial charge in [-0.05, 0) is 44.6 Å². The fraction of sp³-hybridized carbons (Fsp3) is 1.00. The Bertz CT molecular complexity index is 150. The molecule has 1 saturated heterocycles. The van der Waals surface area contributed by atoms with Crippen molar-refractivity contribution in [2.24, 2.45) is 0 Å². The maximum Gasteiger partial charge on any atom is 0.0630 e. The Kier molecular flexibility index (Phi) is 5.32. The smallest absolute Gasteiger partial charge is 0.0630 e. The molecule has 0 saturated carbocycles. The van der Waals surface area contributed by atoms with E-state index in [0.717, 1.165) is 0 Å². The highest BCUT2D eigenvalue weighted by atomic mass is 32.2. The summed E-state index contributed by atoms with van der Waals surface area (Å²) in [6.07, 6.45) is 6.79. The monoisotopic (exact) mass is 216 g/mol. The van der Waals surface area contributed by atoms with Gasteiger partial charge in [0.15, 0.2) is 0 Å². The van der Waals surface area contributed by atoms with E-state index >= 15 is 0 Å².